The van der Waals surface area contributed by atoms with Crippen LogP contribution >= 0.6 is 0 Å². The number of carbonyl (C=O) groups is 2. The second-order valence-corrected chi connectivity index (χ2v) is 5.80. The molecule has 118 valence electrons. The number of aliphatic carboxylic acids is 1. The summed E-state index contributed by atoms with van der Waals surface area (Å²) in [5, 5.41) is 12.7. The summed E-state index contributed by atoms with van der Waals surface area (Å²) in [7, 11) is 1.51. The van der Waals surface area contributed by atoms with Crippen molar-refractivity contribution in [3.63, 3.8) is 0 Å². The number of hydrogen-bond acceptors (Lipinski definition) is 3. The minimum atomic E-state index is -1.09. The zero-order valence-electron chi connectivity index (χ0n) is 12.8. The Hall–Kier alpha value is -2.34. The molecule has 0 bridgehead atoms. The molecule has 0 aliphatic heterocycles. The number of benzene rings is 1. The van der Waals surface area contributed by atoms with Gasteiger partial charge in [-0.05, 0) is 26.0 Å². The largest absolute Gasteiger partial charge is 0.480 e. The highest BCUT2D eigenvalue weighted by Gasteiger charge is 2.29. The zero-order chi connectivity index (χ0) is 16.3. The van der Waals surface area contributed by atoms with Gasteiger partial charge >= 0.3 is 5.97 Å². The van der Waals surface area contributed by atoms with E-state index >= 15 is 0 Å². The molecule has 0 fully saturated rings. The molecule has 1 atom stereocenters. The minimum Gasteiger partial charge on any atom is -0.480 e. The standard InChI is InChI=1S/C16H20N2O4/c1-16(2,22-3)9-13(15(20)21)18-14(19)12-8-10-6-4-5-7-11(10)17-12/h4-8,13,17H,9H2,1-3H3,(H,18,19)(H,20,21). The minimum absolute atomic E-state index is 0.171. The van der Waals surface area contributed by atoms with Crippen LogP contribution in [0.1, 0.15) is 30.8 Å². The quantitative estimate of drug-likeness (QED) is 0.762. The number of fused-ring (bicyclic) bond motifs is 1. The highest BCUT2D eigenvalue weighted by Crippen LogP contribution is 2.17. The predicted octanol–water partition coefficient (Wildman–Crippen LogP) is 2.17. The van der Waals surface area contributed by atoms with Crippen molar-refractivity contribution in [2.75, 3.05) is 7.11 Å². The molecule has 6 heteroatoms. The maximum atomic E-state index is 12.3. The molecule has 2 aromatic rings. The summed E-state index contributed by atoms with van der Waals surface area (Å²) in [5.74, 6) is -1.54. The van der Waals surface area contributed by atoms with Crippen molar-refractivity contribution in [3.8, 4) is 0 Å². The van der Waals surface area contributed by atoms with Crippen molar-refractivity contribution in [1.82, 2.24) is 10.3 Å². The number of aromatic nitrogens is 1. The van der Waals surface area contributed by atoms with E-state index in [0.717, 1.165) is 10.9 Å². The summed E-state index contributed by atoms with van der Waals surface area (Å²) in [6.07, 6.45) is 0.171. The first-order valence-corrected chi connectivity index (χ1v) is 6.99. The molecule has 1 unspecified atom stereocenters. The summed E-state index contributed by atoms with van der Waals surface area (Å²) >= 11 is 0. The number of carbonyl (C=O) groups excluding carboxylic acids is 1. The molecule has 0 radical (unpaired) electrons. The highest BCUT2D eigenvalue weighted by atomic mass is 16.5. The van der Waals surface area contributed by atoms with E-state index in [0.29, 0.717) is 5.69 Å². The van der Waals surface area contributed by atoms with Gasteiger partial charge in [-0.1, -0.05) is 18.2 Å². The van der Waals surface area contributed by atoms with Crippen molar-refractivity contribution in [3.05, 3.63) is 36.0 Å². The number of carboxylic acid groups (broad SMARTS) is 1. The molecule has 3 N–H and O–H groups in total. The second-order valence-electron chi connectivity index (χ2n) is 5.80. The SMILES string of the molecule is COC(C)(C)CC(NC(=O)c1cc2ccccc2[nH]1)C(=O)O. The van der Waals surface area contributed by atoms with Gasteiger partial charge in [0, 0.05) is 24.4 Å². The molecule has 0 saturated heterocycles. The van der Waals surface area contributed by atoms with E-state index in [1.54, 1.807) is 19.9 Å². The molecule has 1 aromatic heterocycles. The van der Waals surface area contributed by atoms with E-state index in [2.05, 4.69) is 10.3 Å². The molecular weight excluding hydrogens is 284 g/mol. The van der Waals surface area contributed by atoms with Gasteiger partial charge in [-0.3, -0.25) is 4.79 Å². The average Bonchev–Trinajstić information content (AvgIpc) is 2.90. The van der Waals surface area contributed by atoms with Crippen LogP contribution in [0.15, 0.2) is 30.3 Å². The van der Waals surface area contributed by atoms with E-state index < -0.39 is 23.5 Å². The van der Waals surface area contributed by atoms with Crippen LogP contribution in [0.2, 0.25) is 0 Å². The van der Waals surface area contributed by atoms with Crippen LogP contribution in [0, 0.1) is 0 Å². The zero-order valence-corrected chi connectivity index (χ0v) is 12.8. The fourth-order valence-corrected chi connectivity index (χ4v) is 2.21. The highest BCUT2D eigenvalue weighted by molar-refractivity contribution is 5.99. The van der Waals surface area contributed by atoms with E-state index in [-0.39, 0.29) is 6.42 Å². The van der Waals surface area contributed by atoms with Crippen molar-refractivity contribution < 1.29 is 19.4 Å². The number of methoxy groups -OCH3 is 1. The summed E-state index contributed by atoms with van der Waals surface area (Å²) in [6.45, 7) is 3.55. The van der Waals surface area contributed by atoms with Gasteiger partial charge in [0.1, 0.15) is 11.7 Å². The molecule has 22 heavy (non-hydrogen) atoms. The number of aromatic amines is 1. The summed E-state index contributed by atoms with van der Waals surface area (Å²) in [6, 6.07) is 8.15. The Kier molecular flexibility index (Phi) is 4.51. The Bertz CT molecular complexity index is 657. The van der Waals surface area contributed by atoms with Gasteiger partial charge in [0.15, 0.2) is 0 Å². The number of carboxylic acids is 1. The van der Waals surface area contributed by atoms with Gasteiger partial charge < -0.3 is 20.1 Å². The lowest BCUT2D eigenvalue weighted by molar-refractivity contribution is -0.141. The van der Waals surface area contributed by atoms with Gasteiger partial charge in [0.25, 0.3) is 5.91 Å². The second kappa shape index (κ2) is 6.19. The Balaban J connectivity index is 2.15. The van der Waals surface area contributed by atoms with Crippen LogP contribution in [-0.2, 0) is 9.53 Å². The van der Waals surface area contributed by atoms with Crippen molar-refractivity contribution >= 4 is 22.8 Å². The topological polar surface area (TPSA) is 91.4 Å². The maximum Gasteiger partial charge on any atom is 0.326 e. The molecule has 1 aromatic carbocycles. The van der Waals surface area contributed by atoms with Gasteiger partial charge in [-0.25, -0.2) is 4.79 Å². The van der Waals surface area contributed by atoms with Gasteiger partial charge in [0.05, 0.1) is 5.60 Å². The lowest BCUT2D eigenvalue weighted by atomic mass is 9.98. The van der Waals surface area contributed by atoms with Gasteiger partial charge in [0.2, 0.25) is 0 Å². The summed E-state index contributed by atoms with van der Waals surface area (Å²) in [5.41, 5.74) is 0.524. The number of ether oxygens (including phenoxy) is 1. The maximum absolute atomic E-state index is 12.3. The van der Waals surface area contributed by atoms with Crippen LogP contribution in [0.25, 0.3) is 10.9 Å². The molecule has 1 amide bonds. The van der Waals surface area contributed by atoms with Crippen LogP contribution in [0.3, 0.4) is 0 Å². The predicted molar refractivity (Wildman–Crippen MR) is 82.9 cm³/mol. The van der Waals surface area contributed by atoms with E-state index in [4.69, 9.17) is 4.74 Å². The Morgan fingerprint density at radius 2 is 2.05 bits per heavy atom. The number of nitrogens with one attached hydrogen (secondary N) is 2. The normalized spacial score (nSPS) is 13.0. The van der Waals surface area contributed by atoms with E-state index in [9.17, 15) is 14.7 Å². The first-order chi connectivity index (χ1) is 10.3. The smallest absolute Gasteiger partial charge is 0.326 e. The number of para-hydroxylation sites is 1. The van der Waals surface area contributed by atoms with Crippen molar-refractivity contribution in [1.29, 1.82) is 0 Å². The Morgan fingerprint density at radius 3 is 2.64 bits per heavy atom. The van der Waals surface area contributed by atoms with Gasteiger partial charge in [-0.2, -0.15) is 0 Å². The third-order valence-corrected chi connectivity index (χ3v) is 3.63. The van der Waals surface area contributed by atoms with Crippen LogP contribution < -0.4 is 5.32 Å². The molecule has 0 aliphatic rings. The molecular formula is C16H20N2O4. The fourth-order valence-electron chi connectivity index (χ4n) is 2.21. The Morgan fingerprint density at radius 1 is 1.36 bits per heavy atom. The molecule has 6 nitrogen and oxygen atoms in total. The Labute approximate surface area is 128 Å². The third-order valence-electron chi connectivity index (χ3n) is 3.63. The third kappa shape index (κ3) is 3.65. The lowest BCUT2D eigenvalue weighted by Crippen LogP contribution is -2.45. The van der Waals surface area contributed by atoms with Crippen LogP contribution in [0.5, 0.6) is 0 Å². The molecule has 0 saturated carbocycles. The molecule has 0 spiro atoms. The first-order valence-electron chi connectivity index (χ1n) is 6.99. The van der Waals surface area contributed by atoms with Crippen LogP contribution in [0.4, 0.5) is 0 Å². The van der Waals surface area contributed by atoms with Gasteiger partial charge in [-0.15, -0.1) is 0 Å². The summed E-state index contributed by atoms with van der Waals surface area (Å²) in [4.78, 5) is 26.6. The van der Waals surface area contributed by atoms with E-state index in [1.165, 1.54) is 7.11 Å². The number of H-pyrrole nitrogens is 1. The summed E-state index contributed by atoms with van der Waals surface area (Å²) < 4.78 is 5.23. The molecule has 0 aliphatic carbocycles. The van der Waals surface area contributed by atoms with Crippen molar-refractivity contribution in [2.24, 2.45) is 0 Å². The molecule has 2 rings (SSSR count). The number of rotatable bonds is 6. The average molecular weight is 304 g/mol. The molecule has 1 heterocycles. The monoisotopic (exact) mass is 304 g/mol. The van der Waals surface area contributed by atoms with E-state index in [1.807, 2.05) is 24.3 Å². The number of hydrogen-bond donors (Lipinski definition) is 3. The fraction of sp³-hybridized carbons (Fsp3) is 0.375. The first kappa shape index (κ1) is 16.0. The van der Waals surface area contributed by atoms with Crippen LogP contribution in [-0.4, -0.2) is 40.7 Å². The number of amides is 1. The lowest BCUT2D eigenvalue weighted by Gasteiger charge is -2.26. The van der Waals surface area contributed by atoms with Crippen molar-refractivity contribution in [2.45, 2.75) is 31.9 Å².